The van der Waals surface area contributed by atoms with Gasteiger partial charge in [0.25, 0.3) is 5.91 Å². The molecule has 1 aliphatic rings. The van der Waals surface area contributed by atoms with Gasteiger partial charge in [-0.15, -0.1) is 0 Å². The number of carbonyl (C=O) groups is 1. The summed E-state index contributed by atoms with van der Waals surface area (Å²) >= 11 is 0. The molecule has 120 valence electrons. The Balaban J connectivity index is 1.81. The minimum absolute atomic E-state index is 0.132. The molecule has 0 aliphatic carbocycles. The van der Waals surface area contributed by atoms with Gasteiger partial charge in [0.05, 0.1) is 25.8 Å². The molecular weight excluding hydrogens is 297 g/mol. The molecule has 0 aromatic heterocycles. The van der Waals surface area contributed by atoms with E-state index in [1.165, 1.54) is 13.2 Å². The molecule has 3 rings (SSSR count). The maximum absolute atomic E-state index is 13.9. The van der Waals surface area contributed by atoms with Gasteiger partial charge in [0.15, 0.2) is 0 Å². The molecule has 2 aromatic carbocycles. The number of para-hydroxylation sites is 1. The number of methoxy groups -OCH3 is 1. The van der Waals surface area contributed by atoms with Crippen molar-refractivity contribution in [1.82, 2.24) is 4.90 Å². The molecule has 23 heavy (non-hydrogen) atoms. The van der Waals surface area contributed by atoms with E-state index < -0.39 is 6.10 Å². The van der Waals surface area contributed by atoms with Crippen LogP contribution in [0, 0.1) is 5.82 Å². The SMILES string of the molecule is COc1ccccc1C(=O)N1CCOC(c2ccccc2F)C1. The molecule has 1 amide bonds. The van der Waals surface area contributed by atoms with Gasteiger partial charge in [-0.25, -0.2) is 4.39 Å². The average molecular weight is 315 g/mol. The lowest BCUT2D eigenvalue weighted by atomic mass is 10.1. The minimum atomic E-state index is -0.455. The molecule has 1 aliphatic heterocycles. The van der Waals surface area contributed by atoms with Crippen molar-refractivity contribution in [2.45, 2.75) is 6.10 Å². The van der Waals surface area contributed by atoms with Crippen LogP contribution in [0.1, 0.15) is 22.0 Å². The number of carbonyl (C=O) groups excluding carboxylic acids is 1. The van der Waals surface area contributed by atoms with Crippen LogP contribution in [0.25, 0.3) is 0 Å². The number of halogens is 1. The van der Waals surface area contributed by atoms with Crippen LogP contribution in [-0.2, 0) is 4.74 Å². The fourth-order valence-electron chi connectivity index (χ4n) is 2.75. The van der Waals surface area contributed by atoms with Gasteiger partial charge in [0.2, 0.25) is 0 Å². The Hall–Kier alpha value is -2.40. The largest absolute Gasteiger partial charge is 0.496 e. The molecule has 1 atom stereocenters. The van der Waals surface area contributed by atoms with Gasteiger partial charge in [-0.3, -0.25) is 4.79 Å². The topological polar surface area (TPSA) is 38.8 Å². The number of amides is 1. The van der Waals surface area contributed by atoms with E-state index in [4.69, 9.17) is 9.47 Å². The molecule has 5 heteroatoms. The van der Waals surface area contributed by atoms with E-state index in [-0.39, 0.29) is 11.7 Å². The van der Waals surface area contributed by atoms with E-state index in [9.17, 15) is 9.18 Å². The van der Waals surface area contributed by atoms with Crippen molar-refractivity contribution >= 4 is 5.91 Å². The zero-order valence-corrected chi connectivity index (χ0v) is 12.9. The van der Waals surface area contributed by atoms with Crippen LogP contribution in [0.3, 0.4) is 0 Å². The van der Waals surface area contributed by atoms with Crippen LogP contribution in [0.4, 0.5) is 4.39 Å². The number of hydrogen-bond acceptors (Lipinski definition) is 3. The molecule has 1 saturated heterocycles. The number of ether oxygens (including phenoxy) is 2. The van der Waals surface area contributed by atoms with Crippen LogP contribution < -0.4 is 4.74 Å². The lowest BCUT2D eigenvalue weighted by Crippen LogP contribution is -2.42. The predicted molar refractivity (Wildman–Crippen MR) is 84.0 cm³/mol. The van der Waals surface area contributed by atoms with Gasteiger partial charge >= 0.3 is 0 Å². The number of morpholine rings is 1. The smallest absolute Gasteiger partial charge is 0.257 e. The van der Waals surface area contributed by atoms with E-state index in [1.54, 1.807) is 41.3 Å². The molecule has 2 aromatic rings. The molecular formula is C18H18FNO3. The van der Waals surface area contributed by atoms with Crippen molar-refractivity contribution in [2.75, 3.05) is 26.8 Å². The van der Waals surface area contributed by atoms with Gasteiger partial charge < -0.3 is 14.4 Å². The van der Waals surface area contributed by atoms with Crippen LogP contribution in [0.15, 0.2) is 48.5 Å². The zero-order chi connectivity index (χ0) is 16.2. The molecule has 4 nitrogen and oxygen atoms in total. The quantitative estimate of drug-likeness (QED) is 0.874. The first kappa shape index (κ1) is 15.5. The molecule has 0 radical (unpaired) electrons. The highest BCUT2D eigenvalue weighted by Crippen LogP contribution is 2.27. The molecule has 1 unspecified atom stereocenters. The van der Waals surface area contributed by atoms with E-state index in [2.05, 4.69) is 0 Å². The summed E-state index contributed by atoms with van der Waals surface area (Å²) < 4.78 is 24.8. The normalized spacial score (nSPS) is 17.8. The fourth-order valence-corrected chi connectivity index (χ4v) is 2.75. The van der Waals surface area contributed by atoms with E-state index in [1.807, 2.05) is 6.07 Å². The Labute approximate surface area is 134 Å². The molecule has 0 bridgehead atoms. The minimum Gasteiger partial charge on any atom is -0.496 e. The standard InChI is InChI=1S/C18H18FNO3/c1-22-16-9-5-3-7-14(16)18(21)20-10-11-23-17(12-20)13-6-2-4-8-15(13)19/h2-9,17H,10-12H2,1H3. The first-order valence-electron chi connectivity index (χ1n) is 7.49. The number of rotatable bonds is 3. The van der Waals surface area contributed by atoms with Crippen LogP contribution in [0.2, 0.25) is 0 Å². The van der Waals surface area contributed by atoms with Gasteiger partial charge in [0, 0.05) is 12.1 Å². The second-order valence-corrected chi connectivity index (χ2v) is 5.33. The Morgan fingerprint density at radius 1 is 1.22 bits per heavy atom. The highest BCUT2D eigenvalue weighted by Gasteiger charge is 2.28. The van der Waals surface area contributed by atoms with Crippen molar-refractivity contribution < 1.29 is 18.7 Å². The summed E-state index contributed by atoms with van der Waals surface area (Å²) in [6.07, 6.45) is -0.455. The number of hydrogen-bond donors (Lipinski definition) is 0. The van der Waals surface area contributed by atoms with Crippen molar-refractivity contribution in [2.24, 2.45) is 0 Å². The Bertz CT molecular complexity index is 704. The number of nitrogens with zero attached hydrogens (tertiary/aromatic N) is 1. The lowest BCUT2D eigenvalue weighted by molar-refractivity contribution is -0.0243. The number of benzene rings is 2. The molecule has 1 heterocycles. The Morgan fingerprint density at radius 3 is 2.74 bits per heavy atom. The molecule has 0 N–H and O–H groups in total. The van der Waals surface area contributed by atoms with E-state index >= 15 is 0 Å². The highest BCUT2D eigenvalue weighted by atomic mass is 19.1. The second kappa shape index (κ2) is 6.79. The monoisotopic (exact) mass is 315 g/mol. The van der Waals surface area contributed by atoms with Crippen LogP contribution in [0.5, 0.6) is 5.75 Å². The summed E-state index contributed by atoms with van der Waals surface area (Å²) in [6, 6.07) is 13.6. The van der Waals surface area contributed by atoms with Crippen molar-refractivity contribution in [3.8, 4) is 5.75 Å². The van der Waals surface area contributed by atoms with Gasteiger partial charge in [0.1, 0.15) is 17.7 Å². The van der Waals surface area contributed by atoms with Gasteiger partial charge in [-0.2, -0.15) is 0 Å². The first-order valence-corrected chi connectivity index (χ1v) is 7.49. The Kier molecular flexibility index (Phi) is 4.57. The Morgan fingerprint density at radius 2 is 1.96 bits per heavy atom. The first-order chi connectivity index (χ1) is 11.2. The van der Waals surface area contributed by atoms with Crippen LogP contribution >= 0.6 is 0 Å². The van der Waals surface area contributed by atoms with E-state index in [0.29, 0.717) is 36.6 Å². The third kappa shape index (κ3) is 3.19. The molecule has 0 saturated carbocycles. The zero-order valence-electron chi connectivity index (χ0n) is 12.9. The maximum atomic E-state index is 13.9. The summed E-state index contributed by atoms with van der Waals surface area (Å²) in [5.74, 6) is 0.0858. The van der Waals surface area contributed by atoms with Gasteiger partial charge in [-0.1, -0.05) is 30.3 Å². The summed E-state index contributed by atoms with van der Waals surface area (Å²) in [6.45, 7) is 1.17. The molecule has 0 spiro atoms. The van der Waals surface area contributed by atoms with Crippen molar-refractivity contribution in [3.05, 3.63) is 65.5 Å². The van der Waals surface area contributed by atoms with Crippen LogP contribution in [-0.4, -0.2) is 37.6 Å². The average Bonchev–Trinajstić information content (AvgIpc) is 2.61. The molecule has 1 fully saturated rings. The second-order valence-electron chi connectivity index (χ2n) is 5.33. The predicted octanol–water partition coefficient (Wildman–Crippen LogP) is 3.05. The summed E-state index contributed by atoms with van der Waals surface area (Å²) in [4.78, 5) is 14.4. The third-order valence-corrected chi connectivity index (χ3v) is 3.94. The summed E-state index contributed by atoms with van der Waals surface area (Å²) in [5.41, 5.74) is 0.981. The maximum Gasteiger partial charge on any atom is 0.257 e. The van der Waals surface area contributed by atoms with Crippen molar-refractivity contribution in [1.29, 1.82) is 0 Å². The summed E-state index contributed by atoms with van der Waals surface area (Å²) in [5, 5.41) is 0. The lowest BCUT2D eigenvalue weighted by Gasteiger charge is -2.33. The third-order valence-electron chi connectivity index (χ3n) is 3.94. The fraction of sp³-hybridized carbons (Fsp3) is 0.278. The van der Waals surface area contributed by atoms with Gasteiger partial charge in [-0.05, 0) is 18.2 Å². The van der Waals surface area contributed by atoms with E-state index in [0.717, 1.165) is 0 Å². The van der Waals surface area contributed by atoms with Crippen molar-refractivity contribution in [3.63, 3.8) is 0 Å². The highest BCUT2D eigenvalue weighted by molar-refractivity contribution is 5.97. The summed E-state index contributed by atoms with van der Waals surface area (Å²) in [7, 11) is 1.54.